The van der Waals surface area contributed by atoms with Gasteiger partial charge in [-0.25, -0.2) is 0 Å². The Morgan fingerprint density at radius 1 is 1.45 bits per heavy atom. The highest BCUT2D eigenvalue weighted by atomic mass is 35.5. The molecule has 1 aromatic carbocycles. The van der Waals surface area contributed by atoms with E-state index in [0.29, 0.717) is 0 Å². The molecule has 0 atom stereocenters. The van der Waals surface area contributed by atoms with E-state index in [-0.39, 0.29) is 0 Å². The van der Waals surface area contributed by atoms with Crippen molar-refractivity contribution in [2.75, 3.05) is 0 Å². The molecule has 0 aliphatic carbocycles. The molecule has 11 heavy (non-hydrogen) atoms. The van der Waals surface area contributed by atoms with Gasteiger partial charge in [-0.1, -0.05) is 41.4 Å². The van der Waals surface area contributed by atoms with Crippen LogP contribution in [0.2, 0.25) is 0 Å². The molecule has 0 N–H and O–H groups in total. The lowest BCUT2D eigenvalue weighted by Gasteiger charge is -1.95. The molecule has 0 spiro atoms. The van der Waals surface area contributed by atoms with E-state index in [9.17, 15) is 0 Å². The molecular formula is C10H11Cl. The Labute approximate surface area is 72.5 Å². The molecule has 0 amide bonds. The Balaban J connectivity index is 2.97. The minimum atomic E-state index is 0.815. The summed E-state index contributed by atoms with van der Waals surface area (Å²) >= 11 is 5.73. The summed E-state index contributed by atoms with van der Waals surface area (Å²) in [6.45, 7) is 3.95. The molecular weight excluding hydrogens is 156 g/mol. The first-order valence-corrected chi connectivity index (χ1v) is 3.97. The van der Waals surface area contributed by atoms with E-state index >= 15 is 0 Å². The second kappa shape index (κ2) is 3.59. The van der Waals surface area contributed by atoms with Gasteiger partial charge in [-0.3, -0.25) is 0 Å². The summed E-state index contributed by atoms with van der Waals surface area (Å²) in [7, 11) is 0. The molecule has 0 aliphatic heterocycles. The second-order valence-electron chi connectivity index (χ2n) is 2.65. The molecule has 0 nitrogen and oxygen atoms in total. The van der Waals surface area contributed by atoms with Crippen molar-refractivity contribution in [3.8, 4) is 0 Å². The van der Waals surface area contributed by atoms with Gasteiger partial charge < -0.3 is 0 Å². The summed E-state index contributed by atoms with van der Waals surface area (Å²) in [5.74, 6) is 0. The van der Waals surface area contributed by atoms with Crippen molar-refractivity contribution < 1.29 is 0 Å². The SMILES string of the molecule is C/C(Cl)=C/c1cccc(C)c1. The molecule has 1 rings (SSSR count). The number of aryl methyl sites for hydroxylation is 1. The van der Waals surface area contributed by atoms with Crippen molar-refractivity contribution in [3.63, 3.8) is 0 Å². The molecule has 0 unspecified atom stereocenters. The van der Waals surface area contributed by atoms with Gasteiger partial charge in [0.2, 0.25) is 0 Å². The zero-order valence-corrected chi connectivity index (χ0v) is 7.52. The summed E-state index contributed by atoms with van der Waals surface area (Å²) in [6.07, 6.45) is 1.95. The third-order valence-electron chi connectivity index (χ3n) is 1.41. The van der Waals surface area contributed by atoms with E-state index in [2.05, 4.69) is 19.1 Å². The van der Waals surface area contributed by atoms with E-state index in [1.165, 1.54) is 5.56 Å². The number of allylic oxidation sites excluding steroid dienone is 1. The Morgan fingerprint density at radius 2 is 2.18 bits per heavy atom. The van der Waals surface area contributed by atoms with Crippen LogP contribution in [0.1, 0.15) is 18.1 Å². The van der Waals surface area contributed by atoms with Gasteiger partial charge in [0, 0.05) is 5.03 Å². The van der Waals surface area contributed by atoms with Crippen LogP contribution in [-0.2, 0) is 0 Å². The lowest BCUT2D eigenvalue weighted by atomic mass is 10.1. The first kappa shape index (κ1) is 8.35. The van der Waals surface area contributed by atoms with Gasteiger partial charge in [0.1, 0.15) is 0 Å². The fraction of sp³-hybridized carbons (Fsp3) is 0.200. The fourth-order valence-corrected chi connectivity index (χ4v) is 1.12. The zero-order chi connectivity index (χ0) is 8.27. The van der Waals surface area contributed by atoms with Crippen molar-refractivity contribution in [2.24, 2.45) is 0 Å². The van der Waals surface area contributed by atoms with Gasteiger partial charge in [-0.2, -0.15) is 0 Å². The minimum absolute atomic E-state index is 0.815. The largest absolute Gasteiger partial charge is 0.0894 e. The zero-order valence-electron chi connectivity index (χ0n) is 6.76. The number of benzene rings is 1. The van der Waals surface area contributed by atoms with Crippen LogP contribution in [0, 0.1) is 6.92 Å². The number of hydrogen-bond acceptors (Lipinski definition) is 0. The van der Waals surface area contributed by atoms with E-state index in [1.54, 1.807) is 0 Å². The molecule has 0 radical (unpaired) electrons. The van der Waals surface area contributed by atoms with Crippen molar-refractivity contribution in [1.82, 2.24) is 0 Å². The number of hydrogen-bond donors (Lipinski definition) is 0. The van der Waals surface area contributed by atoms with Crippen molar-refractivity contribution >= 4 is 17.7 Å². The average Bonchev–Trinajstić information content (AvgIpc) is 1.85. The first-order valence-electron chi connectivity index (χ1n) is 3.59. The van der Waals surface area contributed by atoms with Gasteiger partial charge in [0.05, 0.1) is 0 Å². The Morgan fingerprint density at radius 3 is 2.73 bits per heavy atom. The van der Waals surface area contributed by atoms with Gasteiger partial charge in [-0.05, 0) is 25.5 Å². The van der Waals surface area contributed by atoms with Crippen LogP contribution in [-0.4, -0.2) is 0 Å². The highest BCUT2D eigenvalue weighted by Gasteiger charge is 1.87. The predicted octanol–water partition coefficient (Wildman–Crippen LogP) is 3.59. The van der Waals surface area contributed by atoms with Crippen LogP contribution < -0.4 is 0 Å². The molecule has 0 bridgehead atoms. The van der Waals surface area contributed by atoms with Crippen LogP contribution in [0.15, 0.2) is 29.3 Å². The third kappa shape index (κ3) is 2.77. The number of halogens is 1. The first-order chi connectivity index (χ1) is 5.18. The van der Waals surface area contributed by atoms with Crippen molar-refractivity contribution in [3.05, 3.63) is 40.4 Å². The van der Waals surface area contributed by atoms with Gasteiger partial charge in [0.15, 0.2) is 0 Å². The quantitative estimate of drug-likeness (QED) is 0.598. The highest BCUT2D eigenvalue weighted by molar-refractivity contribution is 6.31. The maximum Gasteiger partial charge on any atom is 0.0155 e. The van der Waals surface area contributed by atoms with Crippen LogP contribution in [0.3, 0.4) is 0 Å². The molecule has 0 aromatic heterocycles. The monoisotopic (exact) mass is 166 g/mol. The molecule has 58 valence electrons. The molecule has 0 fully saturated rings. The second-order valence-corrected chi connectivity index (χ2v) is 3.24. The smallest absolute Gasteiger partial charge is 0.0155 e. The van der Waals surface area contributed by atoms with Crippen LogP contribution in [0.5, 0.6) is 0 Å². The standard InChI is InChI=1S/C10H11Cl/c1-8-4-3-5-10(6-8)7-9(2)11/h3-7H,1-2H3/b9-7-. The Kier molecular flexibility index (Phi) is 2.72. The van der Waals surface area contributed by atoms with Crippen molar-refractivity contribution in [1.29, 1.82) is 0 Å². The molecule has 0 heterocycles. The topological polar surface area (TPSA) is 0 Å². The highest BCUT2D eigenvalue weighted by Crippen LogP contribution is 2.10. The normalized spacial score (nSPS) is 11.7. The maximum atomic E-state index is 5.73. The summed E-state index contributed by atoms with van der Waals surface area (Å²) in [4.78, 5) is 0. The minimum Gasteiger partial charge on any atom is -0.0894 e. The van der Waals surface area contributed by atoms with Gasteiger partial charge in [0.25, 0.3) is 0 Å². The van der Waals surface area contributed by atoms with Crippen LogP contribution in [0.4, 0.5) is 0 Å². The molecule has 0 saturated heterocycles. The third-order valence-corrected chi connectivity index (χ3v) is 1.52. The van der Waals surface area contributed by atoms with E-state index in [0.717, 1.165) is 10.6 Å². The van der Waals surface area contributed by atoms with Crippen molar-refractivity contribution in [2.45, 2.75) is 13.8 Å². The Hall–Kier alpha value is -0.750. The Bertz CT molecular complexity index is 270. The van der Waals surface area contributed by atoms with Crippen LogP contribution in [0.25, 0.3) is 6.08 Å². The molecule has 1 aromatic rings. The van der Waals surface area contributed by atoms with E-state index < -0.39 is 0 Å². The van der Waals surface area contributed by atoms with Crippen LogP contribution >= 0.6 is 11.6 Å². The van der Waals surface area contributed by atoms with E-state index in [4.69, 9.17) is 11.6 Å². The summed E-state index contributed by atoms with van der Waals surface area (Å²) in [5.41, 5.74) is 2.43. The summed E-state index contributed by atoms with van der Waals surface area (Å²) in [5, 5.41) is 0.815. The molecule has 0 aliphatic rings. The average molecular weight is 167 g/mol. The van der Waals surface area contributed by atoms with Gasteiger partial charge >= 0.3 is 0 Å². The molecule has 1 heteroatoms. The fourth-order valence-electron chi connectivity index (χ4n) is 0.990. The number of rotatable bonds is 1. The predicted molar refractivity (Wildman–Crippen MR) is 50.7 cm³/mol. The molecule has 0 saturated carbocycles. The van der Waals surface area contributed by atoms with E-state index in [1.807, 2.05) is 25.1 Å². The lowest BCUT2D eigenvalue weighted by molar-refractivity contribution is 1.46. The maximum absolute atomic E-state index is 5.73. The summed E-state index contributed by atoms with van der Waals surface area (Å²) < 4.78 is 0. The summed E-state index contributed by atoms with van der Waals surface area (Å²) in [6, 6.07) is 8.24. The lowest BCUT2D eigenvalue weighted by Crippen LogP contribution is -1.74. The van der Waals surface area contributed by atoms with Gasteiger partial charge in [-0.15, -0.1) is 0 Å².